The number of benzene rings is 1. The lowest BCUT2D eigenvalue weighted by molar-refractivity contribution is -0.136. The highest BCUT2D eigenvalue weighted by Crippen LogP contribution is 2.30. The number of hydrazine groups is 1. The second-order valence-electron chi connectivity index (χ2n) is 8.07. The van der Waals surface area contributed by atoms with Crippen LogP contribution in [-0.4, -0.2) is 55.0 Å². The number of anilines is 1. The van der Waals surface area contributed by atoms with Crippen LogP contribution in [0.1, 0.15) is 31.0 Å². The number of rotatable bonds is 6. The predicted molar refractivity (Wildman–Crippen MR) is 119 cm³/mol. The molecule has 2 saturated heterocycles. The second kappa shape index (κ2) is 9.97. The Bertz CT molecular complexity index is 955. The van der Waals surface area contributed by atoms with Gasteiger partial charge in [-0.2, -0.15) is 0 Å². The van der Waals surface area contributed by atoms with Gasteiger partial charge >= 0.3 is 0 Å². The van der Waals surface area contributed by atoms with Gasteiger partial charge in [0.15, 0.2) is 11.5 Å². The van der Waals surface area contributed by atoms with Crippen LogP contribution in [0.4, 0.5) is 5.69 Å². The number of carbonyl (C=O) groups is 2. The third-order valence-electron chi connectivity index (χ3n) is 6.00. The number of likely N-dealkylation sites (tertiary alicyclic amines) is 1. The van der Waals surface area contributed by atoms with Crippen LogP contribution in [0, 0.1) is 5.92 Å². The molecule has 1 aromatic heterocycles. The highest BCUT2D eigenvalue weighted by molar-refractivity contribution is 5.93. The summed E-state index contributed by atoms with van der Waals surface area (Å²) in [6.07, 6.45) is 3.91. The Kier molecular flexibility index (Phi) is 6.87. The summed E-state index contributed by atoms with van der Waals surface area (Å²) in [6.45, 7) is 1.07. The second-order valence-corrected chi connectivity index (χ2v) is 8.07. The van der Waals surface area contributed by atoms with Gasteiger partial charge in [-0.15, -0.1) is 0 Å². The molecule has 9 nitrogen and oxygen atoms in total. The third kappa shape index (κ3) is 4.84. The number of hydrogen-bond donors (Lipinski definition) is 3. The minimum Gasteiger partial charge on any atom is -0.493 e. The van der Waals surface area contributed by atoms with Crippen LogP contribution in [0.15, 0.2) is 42.6 Å². The molecule has 0 aliphatic carbocycles. The fourth-order valence-corrected chi connectivity index (χ4v) is 4.26. The van der Waals surface area contributed by atoms with Crippen molar-refractivity contribution in [3.8, 4) is 11.5 Å². The van der Waals surface area contributed by atoms with Crippen molar-refractivity contribution in [3.05, 3.63) is 48.3 Å². The summed E-state index contributed by atoms with van der Waals surface area (Å²) in [4.78, 5) is 32.2. The molecule has 0 saturated carbocycles. The minimum atomic E-state index is -0.338. The van der Waals surface area contributed by atoms with Crippen molar-refractivity contribution < 1.29 is 19.1 Å². The van der Waals surface area contributed by atoms with E-state index in [0.717, 1.165) is 18.5 Å². The van der Waals surface area contributed by atoms with E-state index in [0.29, 0.717) is 36.7 Å². The fourth-order valence-electron chi connectivity index (χ4n) is 4.26. The number of pyridine rings is 1. The maximum atomic E-state index is 13.1. The van der Waals surface area contributed by atoms with Crippen LogP contribution in [0.2, 0.25) is 0 Å². The van der Waals surface area contributed by atoms with Gasteiger partial charge in [-0.05, 0) is 43.5 Å². The van der Waals surface area contributed by atoms with E-state index in [-0.39, 0.29) is 29.8 Å². The standard InChI is InChI=1S/C23H29N5O4/c1-31-20-9-8-16(12-21(20)32-2)25-22(29)15-6-5-11-28(14-15)23(30)19-13-18(26-27-19)17-7-3-4-10-24-17/h3-4,7-10,12,15,18-19,26-27H,5-6,11,13-14H2,1-2H3,(H,25,29). The molecular formula is C23H29N5O4. The van der Waals surface area contributed by atoms with Gasteiger partial charge in [-0.25, -0.2) is 10.9 Å². The van der Waals surface area contributed by atoms with Crippen LogP contribution in [0.25, 0.3) is 0 Å². The van der Waals surface area contributed by atoms with E-state index < -0.39 is 0 Å². The summed E-state index contributed by atoms with van der Waals surface area (Å²) in [5.74, 6) is 0.800. The Balaban J connectivity index is 1.35. The Labute approximate surface area is 187 Å². The van der Waals surface area contributed by atoms with Crippen molar-refractivity contribution >= 4 is 17.5 Å². The first kappa shape index (κ1) is 22.0. The first-order chi connectivity index (χ1) is 15.6. The van der Waals surface area contributed by atoms with Crippen molar-refractivity contribution in [3.63, 3.8) is 0 Å². The predicted octanol–water partition coefficient (Wildman–Crippen LogP) is 1.88. The zero-order valence-electron chi connectivity index (χ0n) is 18.3. The van der Waals surface area contributed by atoms with Gasteiger partial charge < -0.3 is 19.7 Å². The summed E-state index contributed by atoms with van der Waals surface area (Å²) >= 11 is 0. The Morgan fingerprint density at radius 1 is 1.12 bits per heavy atom. The maximum absolute atomic E-state index is 13.1. The first-order valence-electron chi connectivity index (χ1n) is 10.8. The number of piperidine rings is 1. The summed E-state index contributed by atoms with van der Waals surface area (Å²) in [7, 11) is 3.12. The van der Waals surface area contributed by atoms with Gasteiger partial charge in [0, 0.05) is 31.0 Å². The third-order valence-corrected chi connectivity index (χ3v) is 6.00. The number of ether oxygens (including phenoxy) is 2. The largest absolute Gasteiger partial charge is 0.493 e. The number of amides is 2. The molecule has 2 amide bonds. The summed E-state index contributed by atoms with van der Waals surface area (Å²) in [6, 6.07) is 10.7. The molecule has 2 fully saturated rings. The Morgan fingerprint density at radius 2 is 1.97 bits per heavy atom. The van der Waals surface area contributed by atoms with Crippen molar-refractivity contribution in [2.75, 3.05) is 32.6 Å². The summed E-state index contributed by atoms with van der Waals surface area (Å²) in [5.41, 5.74) is 7.81. The van der Waals surface area contributed by atoms with Crippen LogP contribution in [0.5, 0.6) is 11.5 Å². The van der Waals surface area contributed by atoms with Gasteiger partial charge in [0.25, 0.3) is 0 Å². The average molecular weight is 440 g/mol. The van der Waals surface area contributed by atoms with Gasteiger partial charge in [0.05, 0.1) is 31.9 Å². The first-order valence-corrected chi connectivity index (χ1v) is 10.8. The fraction of sp³-hybridized carbons (Fsp3) is 0.435. The molecule has 2 aliphatic heterocycles. The van der Waals surface area contributed by atoms with Gasteiger partial charge in [-0.1, -0.05) is 6.07 Å². The van der Waals surface area contributed by atoms with Crippen LogP contribution in [0.3, 0.4) is 0 Å². The molecule has 3 heterocycles. The van der Waals surface area contributed by atoms with Crippen molar-refractivity contribution in [1.82, 2.24) is 20.7 Å². The highest BCUT2D eigenvalue weighted by atomic mass is 16.5. The van der Waals surface area contributed by atoms with Crippen molar-refractivity contribution in [2.45, 2.75) is 31.3 Å². The molecule has 2 aromatic rings. The molecule has 4 rings (SSSR count). The maximum Gasteiger partial charge on any atom is 0.241 e. The number of nitrogens with one attached hydrogen (secondary N) is 3. The molecule has 3 atom stereocenters. The smallest absolute Gasteiger partial charge is 0.241 e. The molecule has 0 bridgehead atoms. The molecule has 0 spiro atoms. The van der Waals surface area contributed by atoms with Gasteiger partial charge in [0.1, 0.15) is 6.04 Å². The molecule has 3 unspecified atom stereocenters. The average Bonchev–Trinajstić information content (AvgIpc) is 3.34. The lowest BCUT2D eigenvalue weighted by Crippen LogP contribution is -2.50. The van der Waals surface area contributed by atoms with Crippen LogP contribution in [-0.2, 0) is 9.59 Å². The van der Waals surface area contributed by atoms with E-state index in [4.69, 9.17) is 9.47 Å². The lowest BCUT2D eigenvalue weighted by atomic mass is 9.95. The lowest BCUT2D eigenvalue weighted by Gasteiger charge is -2.33. The molecule has 1 aromatic carbocycles. The highest BCUT2D eigenvalue weighted by Gasteiger charge is 2.36. The zero-order chi connectivity index (χ0) is 22.5. The van der Waals surface area contributed by atoms with Crippen LogP contribution < -0.4 is 25.6 Å². The molecule has 170 valence electrons. The van der Waals surface area contributed by atoms with E-state index in [1.165, 1.54) is 0 Å². The zero-order valence-corrected chi connectivity index (χ0v) is 18.3. The van der Waals surface area contributed by atoms with E-state index in [1.807, 2.05) is 18.2 Å². The Morgan fingerprint density at radius 3 is 2.72 bits per heavy atom. The Hall–Kier alpha value is -3.17. The molecule has 2 aliphatic rings. The monoisotopic (exact) mass is 439 g/mol. The van der Waals surface area contributed by atoms with Crippen molar-refractivity contribution in [1.29, 1.82) is 0 Å². The van der Waals surface area contributed by atoms with Crippen LogP contribution >= 0.6 is 0 Å². The normalized spacial score (nSPS) is 22.9. The number of nitrogens with zero attached hydrogens (tertiary/aromatic N) is 2. The molecule has 3 N–H and O–H groups in total. The number of methoxy groups -OCH3 is 2. The minimum absolute atomic E-state index is 0.0135. The molecule has 9 heteroatoms. The van der Waals surface area contributed by atoms with Crippen molar-refractivity contribution in [2.24, 2.45) is 5.92 Å². The number of carbonyl (C=O) groups excluding carboxylic acids is 2. The quantitative estimate of drug-likeness (QED) is 0.631. The molecule has 0 radical (unpaired) electrons. The molecular weight excluding hydrogens is 410 g/mol. The summed E-state index contributed by atoms with van der Waals surface area (Å²) < 4.78 is 10.5. The van der Waals surface area contributed by atoms with E-state index in [1.54, 1.807) is 43.5 Å². The van der Waals surface area contributed by atoms with E-state index >= 15 is 0 Å². The number of aromatic nitrogens is 1. The van der Waals surface area contributed by atoms with E-state index in [9.17, 15) is 9.59 Å². The molecule has 32 heavy (non-hydrogen) atoms. The van der Waals surface area contributed by atoms with E-state index in [2.05, 4.69) is 21.2 Å². The van der Waals surface area contributed by atoms with Gasteiger partial charge in [0.2, 0.25) is 11.8 Å². The number of hydrogen-bond acceptors (Lipinski definition) is 7. The van der Waals surface area contributed by atoms with Gasteiger partial charge in [-0.3, -0.25) is 14.6 Å². The summed E-state index contributed by atoms with van der Waals surface area (Å²) in [5, 5.41) is 2.95. The topological polar surface area (TPSA) is 105 Å². The SMILES string of the molecule is COc1ccc(NC(=O)C2CCCN(C(=O)C3CC(c4ccccn4)NN3)C2)cc1OC.